The zero-order chi connectivity index (χ0) is 21.3. The van der Waals surface area contributed by atoms with Crippen LogP contribution in [0, 0.1) is 12.7 Å². The van der Waals surface area contributed by atoms with Gasteiger partial charge in [0.1, 0.15) is 10.6 Å². The Hall–Kier alpha value is -3.32. The zero-order valence-electron chi connectivity index (χ0n) is 16.5. The van der Waals surface area contributed by atoms with E-state index in [1.165, 1.54) is 34.4 Å². The molecule has 0 aliphatic carbocycles. The molecule has 2 aromatic carbocycles. The van der Waals surface area contributed by atoms with Gasteiger partial charge in [-0.2, -0.15) is 0 Å². The molecular weight excluding hydrogens is 403 g/mol. The predicted octanol–water partition coefficient (Wildman–Crippen LogP) is 4.80. The molecule has 0 aliphatic rings. The molecule has 0 amide bonds. The summed E-state index contributed by atoms with van der Waals surface area (Å²) in [4.78, 5) is 31.3. The van der Waals surface area contributed by atoms with E-state index in [4.69, 9.17) is 4.74 Å². The Morgan fingerprint density at radius 2 is 1.97 bits per heavy atom. The van der Waals surface area contributed by atoms with E-state index in [0.717, 1.165) is 21.6 Å². The van der Waals surface area contributed by atoms with Crippen LogP contribution in [-0.4, -0.2) is 22.1 Å². The summed E-state index contributed by atoms with van der Waals surface area (Å²) < 4.78 is 19.9. The first kappa shape index (κ1) is 20.0. The van der Waals surface area contributed by atoms with Gasteiger partial charge in [-0.1, -0.05) is 24.3 Å². The van der Waals surface area contributed by atoms with Crippen molar-refractivity contribution in [3.8, 4) is 11.1 Å². The summed E-state index contributed by atoms with van der Waals surface area (Å²) in [5.74, 6) is -0.722. The van der Waals surface area contributed by atoms with Crippen LogP contribution in [0.25, 0.3) is 21.3 Å². The van der Waals surface area contributed by atoms with Crippen molar-refractivity contribution in [3.63, 3.8) is 0 Å². The fraction of sp³-hybridized carbons (Fsp3) is 0.174. The molecule has 0 saturated carbocycles. The Bertz CT molecular complexity index is 1290. The van der Waals surface area contributed by atoms with Crippen LogP contribution in [0.2, 0.25) is 0 Å². The first-order chi connectivity index (χ1) is 14.5. The second-order valence-corrected chi connectivity index (χ2v) is 8.02. The van der Waals surface area contributed by atoms with Crippen LogP contribution in [0.1, 0.15) is 27.7 Å². The van der Waals surface area contributed by atoms with Crippen molar-refractivity contribution in [2.75, 3.05) is 6.61 Å². The summed E-state index contributed by atoms with van der Waals surface area (Å²) in [5.41, 5.74) is 2.61. The minimum Gasteiger partial charge on any atom is -0.462 e. The Morgan fingerprint density at radius 3 is 2.70 bits per heavy atom. The molecule has 152 valence electrons. The third kappa shape index (κ3) is 3.76. The Morgan fingerprint density at radius 1 is 1.20 bits per heavy atom. The Kier molecular flexibility index (Phi) is 5.46. The van der Waals surface area contributed by atoms with Gasteiger partial charge in [0, 0.05) is 10.4 Å². The number of aromatic nitrogens is 2. The van der Waals surface area contributed by atoms with Gasteiger partial charge in [-0.3, -0.25) is 9.36 Å². The SMILES string of the molecule is CCOC(=O)c1cccc(Cn2cnc3sc(C)c(-c4ccc(F)cc4)c3c2=O)c1. The van der Waals surface area contributed by atoms with E-state index in [2.05, 4.69) is 4.98 Å². The molecule has 4 aromatic rings. The van der Waals surface area contributed by atoms with Crippen molar-refractivity contribution in [1.29, 1.82) is 0 Å². The lowest BCUT2D eigenvalue weighted by molar-refractivity contribution is 0.0526. The summed E-state index contributed by atoms with van der Waals surface area (Å²) in [6.45, 7) is 4.25. The summed E-state index contributed by atoms with van der Waals surface area (Å²) in [6.07, 6.45) is 1.52. The molecule has 0 spiro atoms. The number of halogens is 1. The standard InChI is InChI=1S/C23H19FN2O3S/c1-3-29-23(28)17-6-4-5-15(11-17)12-26-13-25-21-20(22(26)27)19(14(2)30-21)16-7-9-18(24)10-8-16/h4-11,13H,3,12H2,1-2H3. The number of esters is 1. The van der Waals surface area contributed by atoms with E-state index < -0.39 is 5.97 Å². The van der Waals surface area contributed by atoms with Crippen LogP contribution in [0.15, 0.2) is 59.7 Å². The largest absolute Gasteiger partial charge is 0.462 e. The van der Waals surface area contributed by atoms with Crippen molar-refractivity contribution in [2.45, 2.75) is 20.4 Å². The maximum absolute atomic E-state index is 13.4. The van der Waals surface area contributed by atoms with E-state index in [0.29, 0.717) is 22.4 Å². The van der Waals surface area contributed by atoms with Crippen LogP contribution < -0.4 is 5.56 Å². The van der Waals surface area contributed by atoms with Gasteiger partial charge in [0.05, 0.1) is 30.4 Å². The molecule has 5 nitrogen and oxygen atoms in total. The number of carbonyl (C=O) groups is 1. The first-order valence-corrected chi connectivity index (χ1v) is 10.3. The predicted molar refractivity (Wildman–Crippen MR) is 116 cm³/mol. The maximum atomic E-state index is 13.4. The zero-order valence-corrected chi connectivity index (χ0v) is 17.3. The minimum absolute atomic E-state index is 0.176. The van der Waals surface area contributed by atoms with Crippen molar-refractivity contribution < 1.29 is 13.9 Å². The van der Waals surface area contributed by atoms with Crippen molar-refractivity contribution in [2.24, 2.45) is 0 Å². The van der Waals surface area contributed by atoms with Gasteiger partial charge < -0.3 is 4.74 Å². The van der Waals surface area contributed by atoms with Crippen LogP contribution in [0.4, 0.5) is 4.39 Å². The molecule has 2 heterocycles. The summed E-state index contributed by atoms with van der Waals surface area (Å²) in [5, 5.41) is 0.521. The summed E-state index contributed by atoms with van der Waals surface area (Å²) >= 11 is 1.44. The van der Waals surface area contributed by atoms with Crippen LogP contribution in [-0.2, 0) is 11.3 Å². The number of hydrogen-bond acceptors (Lipinski definition) is 5. The maximum Gasteiger partial charge on any atom is 0.338 e. The number of thiophene rings is 1. The van der Waals surface area contributed by atoms with Crippen LogP contribution in [0.5, 0.6) is 0 Å². The van der Waals surface area contributed by atoms with Crippen LogP contribution >= 0.6 is 11.3 Å². The van der Waals surface area contributed by atoms with Gasteiger partial charge in [-0.15, -0.1) is 11.3 Å². The molecule has 7 heteroatoms. The number of hydrogen-bond donors (Lipinski definition) is 0. The number of fused-ring (bicyclic) bond motifs is 1. The highest BCUT2D eigenvalue weighted by molar-refractivity contribution is 7.19. The van der Waals surface area contributed by atoms with Gasteiger partial charge in [0.25, 0.3) is 5.56 Å². The fourth-order valence-corrected chi connectivity index (χ4v) is 4.43. The number of benzene rings is 2. The lowest BCUT2D eigenvalue weighted by Crippen LogP contribution is -2.21. The average Bonchev–Trinajstić information content (AvgIpc) is 3.08. The lowest BCUT2D eigenvalue weighted by atomic mass is 10.0. The number of carbonyl (C=O) groups excluding carboxylic acids is 1. The van der Waals surface area contributed by atoms with Gasteiger partial charge in [0.15, 0.2) is 0 Å². The highest BCUT2D eigenvalue weighted by Gasteiger charge is 2.17. The van der Waals surface area contributed by atoms with Gasteiger partial charge in [0.2, 0.25) is 0 Å². The molecule has 0 unspecified atom stereocenters. The number of aryl methyl sites for hydroxylation is 1. The Balaban J connectivity index is 1.77. The number of nitrogens with zero attached hydrogens (tertiary/aromatic N) is 2. The van der Waals surface area contributed by atoms with Crippen molar-refractivity contribution in [1.82, 2.24) is 9.55 Å². The topological polar surface area (TPSA) is 61.2 Å². The Labute approximate surface area is 176 Å². The van der Waals surface area contributed by atoms with Gasteiger partial charge in [-0.05, 0) is 49.2 Å². The molecular formula is C23H19FN2O3S. The van der Waals surface area contributed by atoms with Gasteiger partial charge in [-0.25, -0.2) is 14.2 Å². The summed E-state index contributed by atoms with van der Waals surface area (Å²) in [6, 6.07) is 13.1. The molecule has 0 saturated heterocycles. The average molecular weight is 422 g/mol. The van der Waals surface area contributed by atoms with E-state index in [1.807, 2.05) is 13.0 Å². The van der Waals surface area contributed by atoms with E-state index in [-0.39, 0.29) is 17.9 Å². The molecule has 0 fully saturated rings. The molecule has 30 heavy (non-hydrogen) atoms. The number of ether oxygens (including phenoxy) is 1. The third-order valence-electron chi connectivity index (χ3n) is 4.78. The molecule has 0 radical (unpaired) electrons. The van der Waals surface area contributed by atoms with Gasteiger partial charge >= 0.3 is 5.97 Å². The third-order valence-corrected chi connectivity index (χ3v) is 5.79. The summed E-state index contributed by atoms with van der Waals surface area (Å²) in [7, 11) is 0. The first-order valence-electron chi connectivity index (χ1n) is 9.48. The molecule has 2 aromatic heterocycles. The van der Waals surface area contributed by atoms with Crippen molar-refractivity contribution >= 4 is 27.5 Å². The quantitative estimate of drug-likeness (QED) is 0.434. The molecule has 0 aliphatic heterocycles. The van der Waals surface area contributed by atoms with Crippen LogP contribution in [0.3, 0.4) is 0 Å². The molecule has 0 bridgehead atoms. The second-order valence-electron chi connectivity index (χ2n) is 6.82. The molecule has 4 rings (SSSR count). The fourth-order valence-electron chi connectivity index (χ4n) is 3.42. The smallest absolute Gasteiger partial charge is 0.338 e. The minimum atomic E-state index is -0.396. The van der Waals surface area contributed by atoms with E-state index in [1.54, 1.807) is 37.3 Å². The lowest BCUT2D eigenvalue weighted by Gasteiger charge is -2.08. The monoisotopic (exact) mass is 422 g/mol. The normalized spacial score (nSPS) is 11.0. The number of rotatable bonds is 5. The van der Waals surface area contributed by atoms with E-state index >= 15 is 0 Å². The second kappa shape index (κ2) is 8.20. The highest BCUT2D eigenvalue weighted by Crippen LogP contribution is 2.35. The van der Waals surface area contributed by atoms with Crippen molar-refractivity contribution in [3.05, 3.63) is 87.0 Å². The molecule has 0 atom stereocenters. The highest BCUT2D eigenvalue weighted by atomic mass is 32.1. The molecule has 0 N–H and O–H groups in total. The van der Waals surface area contributed by atoms with E-state index in [9.17, 15) is 14.0 Å².